The fourth-order valence-electron chi connectivity index (χ4n) is 3.91. The van der Waals surface area contributed by atoms with Gasteiger partial charge in [0, 0.05) is 17.3 Å². The summed E-state index contributed by atoms with van der Waals surface area (Å²) in [6, 6.07) is 19.3. The highest BCUT2D eigenvalue weighted by atomic mass is 16.2. The van der Waals surface area contributed by atoms with E-state index in [1.54, 1.807) is 65.7 Å². The Bertz CT molecular complexity index is 1150. The Morgan fingerprint density at radius 3 is 2.41 bits per heavy atom. The van der Waals surface area contributed by atoms with Gasteiger partial charge in [-0.15, -0.1) is 0 Å². The second-order valence-electron chi connectivity index (χ2n) is 6.85. The molecule has 2 aliphatic rings. The van der Waals surface area contributed by atoms with Gasteiger partial charge in [-0.05, 0) is 30.3 Å². The molecule has 1 atom stereocenters. The maximum Gasteiger partial charge on any atom is 0.260 e. The summed E-state index contributed by atoms with van der Waals surface area (Å²) in [7, 11) is 0. The number of carbonyl (C=O) groups is 3. The minimum Gasteiger partial charge on any atom is -0.309 e. The van der Waals surface area contributed by atoms with Crippen LogP contribution >= 0.6 is 0 Å². The molecule has 0 bridgehead atoms. The van der Waals surface area contributed by atoms with Gasteiger partial charge in [0.1, 0.15) is 18.5 Å². The van der Waals surface area contributed by atoms with Gasteiger partial charge in [0.25, 0.3) is 11.8 Å². The number of fused-ring (bicyclic) bond motifs is 5. The van der Waals surface area contributed by atoms with Crippen LogP contribution in [0.25, 0.3) is 0 Å². The number of nitrogens with zero attached hydrogens (tertiary/aromatic N) is 3. The van der Waals surface area contributed by atoms with Crippen LogP contribution in [0.4, 0.5) is 11.5 Å². The van der Waals surface area contributed by atoms with Gasteiger partial charge in [0.05, 0.1) is 11.3 Å². The molecule has 3 heterocycles. The van der Waals surface area contributed by atoms with E-state index < -0.39 is 6.17 Å². The quantitative estimate of drug-likeness (QED) is 0.753. The molecule has 3 amide bonds. The molecule has 0 saturated heterocycles. The molecule has 1 unspecified atom stereocenters. The lowest BCUT2D eigenvalue weighted by molar-refractivity contribution is -0.117. The Balaban J connectivity index is 1.55. The van der Waals surface area contributed by atoms with Crippen molar-refractivity contribution in [3.05, 3.63) is 89.6 Å². The molecule has 0 spiro atoms. The van der Waals surface area contributed by atoms with Crippen LogP contribution in [-0.2, 0) is 4.79 Å². The van der Waals surface area contributed by atoms with Crippen LogP contribution in [0.2, 0.25) is 0 Å². The Labute approximate surface area is 166 Å². The largest absolute Gasteiger partial charge is 0.309 e. The summed E-state index contributed by atoms with van der Waals surface area (Å²) in [5, 5.41) is 2.70. The van der Waals surface area contributed by atoms with Gasteiger partial charge in [-0.2, -0.15) is 0 Å². The van der Waals surface area contributed by atoms with Crippen molar-refractivity contribution >= 4 is 29.2 Å². The second-order valence-corrected chi connectivity index (χ2v) is 6.85. The first-order valence-corrected chi connectivity index (χ1v) is 9.18. The molecule has 1 aromatic heterocycles. The smallest absolute Gasteiger partial charge is 0.260 e. The van der Waals surface area contributed by atoms with Gasteiger partial charge in [-0.3, -0.25) is 19.3 Å². The Hall–Kier alpha value is -4.00. The molecule has 7 heteroatoms. The number of rotatable bonds is 3. The number of benzene rings is 2. The maximum absolute atomic E-state index is 13.3. The molecule has 2 aromatic carbocycles. The number of carbonyl (C=O) groups excluding carboxylic acids is 3. The molecule has 5 rings (SSSR count). The fourth-order valence-corrected chi connectivity index (χ4v) is 3.91. The summed E-state index contributed by atoms with van der Waals surface area (Å²) in [5.74, 6) is -0.446. The summed E-state index contributed by atoms with van der Waals surface area (Å²) < 4.78 is 0. The number of para-hydroxylation sites is 1. The molecular weight excluding hydrogens is 368 g/mol. The minimum absolute atomic E-state index is 0.180. The van der Waals surface area contributed by atoms with Crippen molar-refractivity contribution in [3.8, 4) is 0 Å². The molecular formula is C22H16N4O3. The van der Waals surface area contributed by atoms with Crippen molar-refractivity contribution in [2.24, 2.45) is 0 Å². The van der Waals surface area contributed by atoms with Gasteiger partial charge in [0.2, 0.25) is 5.91 Å². The highest BCUT2D eigenvalue weighted by Crippen LogP contribution is 2.44. The van der Waals surface area contributed by atoms with Gasteiger partial charge in [-0.1, -0.05) is 36.4 Å². The summed E-state index contributed by atoms with van der Waals surface area (Å²) >= 11 is 0. The van der Waals surface area contributed by atoms with Crippen LogP contribution in [0.3, 0.4) is 0 Å². The molecule has 142 valence electrons. The van der Waals surface area contributed by atoms with E-state index in [1.807, 2.05) is 12.1 Å². The van der Waals surface area contributed by atoms with Crippen LogP contribution in [0.1, 0.15) is 32.4 Å². The Morgan fingerprint density at radius 2 is 1.62 bits per heavy atom. The third kappa shape index (κ3) is 2.67. The zero-order chi connectivity index (χ0) is 20.0. The van der Waals surface area contributed by atoms with E-state index in [0.29, 0.717) is 28.2 Å². The molecule has 7 nitrogen and oxygen atoms in total. The number of anilines is 2. The molecule has 0 radical (unpaired) electrons. The molecule has 0 fully saturated rings. The number of aromatic nitrogens is 1. The molecule has 29 heavy (non-hydrogen) atoms. The Morgan fingerprint density at radius 1 is 0.897 bits per heavy atom. The number of hydrogen-bond acceptors (Lipinski definition) is 4. The van der Waals surface area contributed by atoms with E-state index in [1.165, 1.54) is 4.90 Å². The van der Waals surface area contributed by atoms with E-state index in [2.05, 4.69) is 10.3 Å². The zero-order valence-electron chi connectivity index (χ0n) is 15.3. The third-order valence-corrected chi connectivity index (χ3v) is 5.13. The predicted octanol–water partition coefficient (Wildman–Crippen LogP) is 2.84. The molecule has 3 aromatic rings. The molecule has 0 saturated carbocycles. The average molecular weight is 384 g/mol. The topological polar surface area (TPSA) is 82.6 Å². The monoisotopic (exact) mass is 384 g/mol. The van der Waals surface area contributed by atoms with Crippen LogP contribution in [-0.4, -0.2) is 34.2 Å². The number of hydrogen-bond donors (Lipinski definition) is 1. The standard InChI is InChI=1S/C22H16N4O3/c27-19(24-18-11-5-6-12-23-18)13-25-20-14-7-1-2-8-15(14)22(29)26(20)17-10-4-3-9-16(17)21(25)28/h1-12,20H,13H2,(H,23,24,27). The first-order chi connectivity index (χ1) is 14.1. The van der Waals surface area contributed by atoms with Crippen LogP contribution in [0.15, 0.2) is 72.9 Å². The SMILES string of the molecule is O=C(CN1C(=O)c2ccccc2N2C(=O)c3ccccc3C12)Nc1ccccn1. The molecule has 1 N–H and O–H groups in total. The van der Waals surface area contributed by atoms with Gasteiger partial charge in [-0.25, -0.2) is 4.98 Å². The highest BCUT2D eigenvalue weighted by Gasteiger charge is 2.48. The average Bonchev–Trinajstić information content (AvgIpc) is 3.05. The zero-order valence-corrected chi connectivity index (χ0v) is 15.3. The van der Waals surface area contributed by atoms with Crippen molar-refractivity contribution in [2.45, 2.75) is 6.17 Å². The van der Waals surface area contributed by atoms with Crippen molar-refractivity contribution in [1.82, 2.24) is 9.88 Å². The molecule has 0 aliphatic carbocycles. The van der Waals surface area contributed by atoms with Crippen molar-refractivity contribution in [2.75, 3.05) is 16.8 Å². The van der Waals surface area contributed by atoms with Crippen molar-refractivity contribution < 1.29 is 14.4 Å². The van der Waals surface area contributed by atoms with E-state index in [9.17, 15) is 14.4 Å². The summed E-state index contributed by atoms with van der Waals surface area (Å²) in [5.41, 5.74) is 2.21. The number of amides is 3. The van der Waals surface area contributed by atoms with Gasteiger partial charge < -0.3 is 10.2 Å². The van der Waals surface area contributed by atoms with E-state index in [-0.39, 0.29) is 24.3 Å². The number of pyridine rings is 1. The van der Waals surface area contributed by atoms with E-state index >= 15 is 0 Å². The van der Waals surface area contributed by atoms with Gasteiger partial charge >= 0.3 is 0 Å². The third-order valence-electron chi connectivity index (χ3n) is 5.13. The van der Waals surface area contributed by atoms with Crippen LogP contribution in [0, 0.1) is 0 Å². The number of nitrogens with one attached hydrogen (secondary N) is 1. The van der Waals surface area contributed by atoms with E-state index in [4.69, 9.17) is 0 Å². The fraction of sp³-hybridized carbons (Fsp3) is 0.0909. The first-order valence-electron chi connectivity index (χ1n) is 9.18. The van der Waals surface area contributed by atoms with Crippen LogP contribution < -0.4 is 10.2 Å². The minimum atomic E-state index is -0.657. The summed E-state index contributed by atoms with van der Waals surface area (Å²) in [6.45, 7) is -0.202. The summed E-state index contributed by atoms with van der Waals surface area (Å²) in [6.07, 6.45) is 0.918. The van der Waals surface area contributed by atoms with Crippen molar-refractivity contribution in [3.63, 3.8) is 0 Å². The Kier molecular flexibility index (Phi) is 3.87. The normalized spacial score (nSPS) is 16.9. The summed E-state index contributed by atoms with van der Waals surface area (Å²) in [4.78, 5) is 46.1. The first kappa shape index (κ1) is 17.1. The lowest BCUT2D eigenvalue weighted by Crippen LogP contribution is -2.50. The molecule has 2 aliphatic heterocycles. The highest BCUT2D eigenvalue weighted by molar-refractivity contribution is 6.17. The second kappa shape index (κ2) is 6.56. The lowest BCUT2D eigenvalue weighted by atomic mass is 10.0. The maximum atomic E-state index is 13.3. The lowest BCUT2D eigenvalue weighted by Gasteiger charge is -2.40. The van der Waals surface area contributed by atoms with E-state index in [0.717, 1.165) is 0 Å². The van der Waals surface area contributed by atoms with Crippen molar-refractivity contribution in [1.29, 1.82) is 0 Å². The van der Waals surface area contributed by atoms with Gasteiger partial charge in [0.15, 0.2) is 0 Å². The predicted molar refractivity (Wildman–Crippen MR) is 106 cm³/mol. The van der Waals surface area contributed by atoms with Crippen LogP contribution in [0.5, 0.6) is 0 Å².